The van der Waals surface area contributed by atoms with Crippen LogP contribution in [0, 0.1) is 0 Å². The van der Waals surface area contributed by atoms with Crippen molar-refractivity contribution in [3.63, 3.8) is 0 Å². The van der Waals surface area contributed by atoms with Gasteiger partial charge in [0.1, 0.15) is 0 Å². The molecule has 0 bridgehead atoms. The van der Waals surface area contributed by atoms with Crippen molar-refractivity contribution in [2.75, 3.05) is 0 Å². The van der Waals surface area contributed by atoms with Gasteiger partial charge in [-0.2, -0.15) is 13.2 Å². The molecule has 3 N–H and O–H groups in total. The molecule has 1 aromatic carbocycles. The third-order valence-corrected chi connectivity index (χ3v) is 4.62. The van der Waals surface area contributed by atoms with Gasteiger partial charge in [0.15, 0.2) is 0 Å². The van der Waals surface area contributed by atoms with Crippen LogP contribution >= 0.6 is 38.9 Å². The normalized spacial score (nSPS) is 13.5. The van der Waals surface area contributed by atoms with Gasteiger partial charge in [-0.25, -0.2) is 5.43 Å². The molecule has 1 unspecified atom stereocenters. The Morgan fingerprint density at radius 1 is 1.30 bits per heavy atom. The quantitative estimate of drug-likeness (QED) is 0.592. The Labute approximate surface area is 130 Å². The zero-order valence-electron chi connectivity index (χ0n) is 9.84. The second-order valence-corrected chi connectivity index (χ2v) is 6.23. The van der Waals surface area contributed by atoms with Gasteiger partial charge in [0.05, 0.1) is 16.6 Å². The summed E-state index contributed by atoms with van der Waals surface area (Å²) in [6.45, 7) is 0. The van der Waals surface area contributed by atoms with Crippen LogP contribution in [-0.4, -0.2) is 0 Å². The van der Waals surface area contributed by atoms with Crippen molar-refractivity contribution < 1.29 is 13.2 Å². The van der Waals surface area contributed by atoms with E-state index < -0.39 is 17.8 Å². The van der Waals surface area contributed by atoms with Gasteiger partial charge in [0, 0.05) is 9.35 Å². The Balaban J connectivity index is 2.59. The van der Waals surface area contributed by atoms with E-state index in [0.29, 0.717) is 14.4 Å². The molecule has 1 atom stereocenters. The lowest BCUT2D eigenvalue weighted by atomic mass is 9.99. The predicted octanol–water partition coefficient (Wildman–Crippen LogP) is 4.74. The molecule has 2 rings (SSSR count). The van der Waals surface area contributed by atoms with E-state index in [1.54, 1.807) is 11.4 Å². The molecule has 2 aromatic rings. The van der Waals surface area contributed by atoms with Gasteiger partial charge >= 0.3 is 6.18 Å². The summed E-state index contributed by atoms with van der Waals surface area (Å²) in [7, 11) is 0. The summed E-state index contributed by atoms with van der Waals surface area (Å²) < 4.78 is 39.8. The number of hydrogen-bond acceptors (Lipinski definition) is 3. The van der Waals surface area contributed by atoms with Gasteiger partial charge < -0.3 is 0 Å². The van der Waals surface area contributed by atoms with Gasteiger partial charge in [-0.3, -0.25) is 5.84 Å². The lowest BCUT2D eigenvalue weighted by molar-refractivity contribution is -0.138. The molecule has 0 saturated heterocycles. The number of rotatable bonds is 3. The molecule has 0 saturated carbocycles. The maximum atomic E-state index is 13.1. The van der Waals surface area contributed by atoms with Crippen molar-refractivity contribution in [2.45, 2.75) is 12.2 Å². The fraction of sp³-hybridized carbons (Fsp3) is 0.167. The average Bonchev–Trinajstić information content (AvgIpc) is 2.77. The monoisotopic (exact) mass is 384 g/mol. The minimum Gasteiger partial charge on any atom is -0.271 e. The SMILES string of the molecule is NNC(c1ccc(Br)cc1C(F)(F)F)c1sccc1Cl. The van der Waals surface area contributed by atoms with Crippen molar-refractivity contribution in [1.29, 1.82) is 0 Å². The molecule has 1 aromatic heterocycles. The van der Waals surface area contributed by atoms with Crippen molar-refractivity contribution in [2.24, 2.45) is 5.84 Å². The number of hydrogen-bond donors (Lipinski definition) is 2. The van der Waals surface area contributed by atoms with Crippen LogP contribution in [0.15, 0.2) is 34.1 Å². The van der Waals surface area contributed by atoms with Gasteiger partial charge in [0.25, 0.3) is 0 Å². The number of nitrogens with one attached hydrogen (secondary N) is 1. The second kappa shape index (κ2) is 6.03. The van der Waals surface area contributed by atoms with Gasteiger partial charge in [0.2, 0.25) is 0 Å². The van der Waals surface area contributed by atoms with Crippen LogP contribution in [0.5, 0.6) is 0 Å². The maximum absolute atomic E-state index is 13.1. The maximum Gasteiger partial charge on any atom is 0.416 e. The number of benzene rings is 1. The summed E-state index contributed by atoms with van der Waals surface area (Å²) in [5, 5.41) is 2.09. The van der Waals surface area contributed by atoms with Crippen LogP contribution in [0.3, 0.4) is 0 Å². The molecule has 0 spiro atoms. The van der Waals surface area contributed by atoms with E-state index in [0.717, 1.165) is 6.07 Å². The Morgan fingerprint density at radius 2 is 2.00 bits per heavy atom. The highest BCUT2D eigenvalue weighted by Crippen LogP contribution is 2.40. The van der Waals surface area contributed by atoms with Gasteiger partial charge in [-0.05, 0) is 29.1 Å². The van der Waals surface area contributed by atoms with E-state index in [1.807, 2.05) is 0 Å². The van der Waals surface area contributed by atoms with E-state index in [4.69, 9.17) is 17.4 Å². The fourth-order valence-corrected chi connectivity index (χ4v) is 3.45. The summed E-state index contributed by atoms with van der Waals surface area (Å²) in [5.41, 5.74) is 1.69. The van der Waals surface area contributed by atoms with Crippen molar-refractivity contribution in [3.8, 4) is 0 Å². The molecule has 0 aliphatic heterocycles. The van der Waals surface area contributed by atoms with Gasteiger partial charge in [-0.1, -0.05) is 33.6 Å². The lowest BCUT2D eigenvalue weighted by Crippen LogP contribution is -2.30. The topological polar surface area (TPSA) is 38.0 Å². The Hall–Kier alpha value is -0.600. The number of hydrazine groups is 1. The molecule has 0 radical (unpaired) electrons. The highest BCUT2D eigenvalue weighted by molar-refractivity contribution is 9.10. The molecular weight excluding hydrogens is 377 g/mol. The first-order valence-corrected chi connectivity index (χ1v) is 7.45. The molecule has 0 aliphatic carbocycles. The number of halogens is 5. The molecule has 2 nitrogen and oxygen atoms in total. The van der Waals surface area contributed by atoms with E-state index >= 15 is 0 Å². The first-order valence-electron chi connectivity index (χ1n) is 5.40. The molecule has 20 heavy (non-hydrogen) atoms. The zero-order valence-corrected chi connectivity index (χ0v) is 13.0. The molecule has 1 heterocycles. The molecular formula is C12H9BrClF3N2S. The third-order valence-electron chi connectivity index (χ3n) is 2.71. The van der Waals surface area contributed by atoms with Crippen LogP contribution in [0.25, 0.3) is 0 Å². The summed E-state index contributed by atoms with van der Waals surface area (Å²) in [4.78, 5) is 0.544. The smallest absolute Gasteiger partial charge is 0.271 e. The summed E-state index contributed by atoms with van der Waals surface area (Å²) in [5.74, 6) is 5.43. The summed E-state index contributed by atoms with van der Waals surface area (Å²) in [6.07, 6.45) is -4.47. The van der Waals surface area contributed by atoms with Crippen molar-refractivity contribution in [1.82, 2.24) is 5.43 Å². The fourth-order valence-electron chi connectivity index (χ4n) is 1.84. The first kappa shape index (κ1) is 15.8. The third kappa shape index (κ3) is 3.17. The minimum atomic E-state index is -4.47. The Morgan fingerprint density at radius 3 is 2.50 bits per heavy atom. The number of alkyl halides is 3. The largest absolute Gasteiger partial charge is 0.416 e. The molecule has 0 fully saturated rings. The van der Waals surface area contributed by atoms with Crippen LogP contribution < -0.4 is 11.3 Å². The highest BCUT2D eigenvalue weighted by Gasteiger charge is 2.36. The summed E-state index contributed by atoms with van der Waals surface area (Å²) >= 11 is 10.3. The molecule has 108 valence electrons. The van der Waals surface area contributed by atoms with Crippen LogP contribution in [-0.2, 0) is 6.18 Å². The minimum absolute atomic E-state index is 0.0348. The predicted molar refractivity (Wildman–Crippen MR) is 77.6 cm³/mol. The van der Waals surface area contributed by atoms with Crippen LogP contribution in [0.2, 0.25) is 5.02 Å². The second-order valence-electron chi connectivity index (χ2n) is 3.96. The zero-order chi connectivity index (χ0) is 14.9. The van der Waals surface area contributed by atoms with E-state index in [-0.39, 0.29) is 5.56 Å². The molecule has 0 aliphatic rings. The van der Waals surface area contributed by atoms with E-state index in [1.165, 1.54) is 23.5 Å². The van der Waals surface area contributed by atoms with Gasteiger partial charge in [-0.15, -0.1) is 11.3 Å². The van der Waals surface area contributed by atoms with Crippen LogP contribution in [0.4, 0.5) is 13.2 Å². The average molecular weight is 386 g/mol. The standard InChI is InChI=1S/C12H9BrClF3N2S/c13-6-1-2-7(8(5-6)12(15,16)17)10(19-18)11-9(14)3-4-20-11/h1-5,10,19H,18H2. The first-order chi connectivity index (χ1) is 9.34. The number of nitrogens with two attached hydrogens (primary N) is 1. The van der Waals surface area contributed by atoms with E-state index in [2.05, 4.69) is 21.4 Å². The molecule has 0 amide bonds. The van der Waals surface area contributed by atoms with Crippen molar-refractivity contribution >= 4 is 38.9 Å². The Bertz CT molecular complexity index is 615. The lowest BCUT2D eigenvalue weighted by Gasteiger charge is -2.21. The molecule has 8 heteroatoms. The summed E-state index contributed by atoms with van der Waals surface area (Å²) in [6, 6.07) is 4.76. The van der Waals surface area contributed by atoms with Crippen LogP contribution in [0.1, 0.15) is 22.0 Å². The Kier molecular flexibility index (Phi) is 4.76. The van der Waals surface area contributed by atoms with Crippen molar-refractivity contribution in [3.05, 3.63) is 55.1 Å². The number of thiophene rings is 1. The highest BCUT2D eigenvalue weighted by atomic mass is 79.9. The van der Waals surface area contributed by atoms with E-state index in [9.17, 15) is 13.2 Å².